The fraction of sp³-hybridized carbons (Fsp3) is 0.571. The van der Waals surface area contributed by atoms with Crippen molar-refractivity contribution < 1.29 is 4.74 Å². The van der Waals surface area contributed by atoms with E-state index in [4.69, 9.17) is 16.3 Å². The average Bonchev–Trinajstić information content (AvgIpc) is 2.35. The van der Waals surface area contributed by atoms with Crippen LogP contribution in [0.2, 0.25) is 5.02 Å². The van der Waals surface area contributed by atoms with Crippen molar-refractivity contribution in [3.05, 3.63) is 28.8 Å². The molecule has 96 valence electrons. The smallest absolute Gasteiger partial charge is 0.123 e. The molecule has 0 aliphatic rings. The third kappa shape index (κ3) is 4.21. The van der Waals surface area contributed by atoms with Crippen LogP contribution in [0.15, 0.2) is 18.2 Å². The second-order valence-corrected chi connectivity index (χ2v) is 4.66. The van der Waals surface area contributed by atoms with Crippen LogP contribution in [-0.2, 0) is 0 Å². The predicted molar refractivity (Wildman–Crippen MR) is 73.9 cm³/mol. The Morgan fingerprint density at radius 3 is 2.71 bits per heavy atom. The summed E-state index contributed by atoms with van der Waals surface area (Å²) in [6.45, 7) is 2.22. The van der Waals surface area contributed by atoms with E-state index in [1.54, 1.807) is 7.11 Å². The second-order valence-electron chi connectivity index (χ2n) is 4.22. The van der Waals surface area contributed by atoms with E-state index in [0.717, 1.165) is 22.8 Å². The van der Waals surface area contributed by atoms with E-state index in [0.29, 0.717) is 6.04 Å². The van der Waals surface area contributed by atoms with Crippen LogP contribution in [0.25, 0.3) is 0 Å². The Balaban J connectivity index is 2.82. The van der Waals surface area contributed by atoms with Gasteiger partial charge in [-0.1, -0.05) is 37.8 Å². The first kappa shape index (κ1) is 14.3. The highest BCUT2D eigenvalue weighted by Gasteiger charge is 2.14. The van der Waals surface area contributed by atoms with Crippen LogP contribution in [0.4, 0.5) is 0 Å². The minimum absolute atomic E-state index is 0.315. The average molecular weight is 256 g/mol. The van der Waals surface area contributed by atoms with Gasteiger partial charge in [0.1, 0.15) is 5.75 Å². The van der Waals surface area contributed by atoms with Crippen LogP contribution >= 0.6 is 11.6 Å². The number of halogens is 1. The fourth-order valence-corrected chi connectivity index (χ4v) is 2.21. The molecule has 0 fully saturated rings. The van der Waals surface area contributed by atoms with Crippen molar-refractivity contribution in [2.75, 3.05) is 14.2 Å². The number of methoxy groups -OCH3 is 1. The van der Waals surface area contributed by atoms with Crippen LogP contribution in [0.3, 0.4) is 0 Å². The van der Waals surface area contributed by atoms with E-state index in [9.17, 15) is 0 Å². The van der Waals surface area contributed by atoms with E-state index in [2.05, 4.69) is 12.2 Å². The molecule has 0 spiro atoms. The third-order valence-electron chi connectivity index (χ3n) is 3.01. The van der Waals surface area contributed by atoms with E-state index in [1.807, 2.05) is 25.2 Å². The summed E-state index contributed by atoms with van der Waals surface area (Å²) in [5, 5.41) is 4.10. The molecule has 0 bridgehead atoms. The lowest BCUT2D eigenvalue weighted by atomic mass is 9.99. The van der Waals surface area contributed by atoms with Gasteiger partial charge in [-0.25, -0.2) is 0 Å². The first-order chi connectivity index (χ1) is 8.22. The highest BCUT2D eigenvalue weighted by molar-refractivity contribution is 6.30. The summed E-state index contributed by atoms with van der Waals surface area (Å²) >= 11 is 6.05. The van der Waals surface area contributed by atoms with Gasteiger partial charge in [-0.2, -0.15) is 0 Å². The Bertz CT molecular complexity index is 341. The van der Waals surface area contributed by atoms with Crippen LogP contribution in [-0.4, -0.2) is 14.2 Å². The van der Waals surface area contributed by atoms with Crippen molar-refractivity contribution in [2.45, 2.75) is 38.6 Å². The van der Waals surface area contributed by atoms with Gasteiger partial charge in [0.25, 0.3) is 0 Å². The molecule has 1 atom stereocenters. The van der Waals surface area contributed by atoms with Gasteiger partial charge in [-0.05, 0) is 31.7 Å². The van der Waals surface area contributed by atoms with Crippen molar-refractivity contribution in [1.82, 2.24) is 5.32 Å². The van der Waals surface area contributed by atoms with Gasteiger partial charge in [0, 0.05) is 16.6 Å². The molecule has 0 radical (unpaired) electrons. The maximum absolute atomic E-state index is 6.05. The van der Waals surface area contributed by atoms with Crippen molar-refractivity contribution >= 4 is 11.6 Å². The molecule has 0 amide bonds. The molecule has 2 nitrogen and oxygen atoms in total. The molecule has 1 aromatic carbocycles. The van der Waals surface area contributed by atoms with Crippen LogP contribution < -0.4 is 10.1 Å². The molecule has 1 rings (SSSR count). The second kappa shape index (κ2) is 7.57. The summed E-state index contributed by atoms with van der Waals surface area (Å²) in [6.07, 6.45) is 4.84. The zero-order valence-corrected chi connectivity index (χ0v) is 11.7. The van der Waals surface area contributed by atoms with Crippen molar-refractivity contribution in [3.63, 3.8) is 0 Å². The van der Waals surface area contributed by atoms with Gasteiger partial charge >= 0.3 is 0 Å². The summed E-state index contributed by atoms with van der Waals surface area (Å²) in [7, 11) is 3.68. The topological polar surface area (TPSA) is 21.3 Å². The Labute approximate surface area is 109 Å². The first-order valence-corrected chi connectivity index (χ1v) is 6.61. The lowest BCUT2D eigenvalue weighted by Crippen LogP contribution is -2.17. The summed E-state index contributed by atoms with van der Waals surface area (Å²) in [5.41, 5.74) is 1.15. The van der Waals surface area contributed by atoms with Crippen molar-refractivity contribution in [3.8, 4) is 5.75 Å². The van der Waals surface area contributed by atoms with Crippen LogP contribution in [0.5, 0.6) is 5.75 Å². The number of rotatable bonds is 7. The van der Waals surface area contributed by atoms with Crippen LogP contribution in [0.1, 0.15) is 44.2 Å². The standard InChI is InChI=1S/C14H22ClNO/c1-4-5-6-7-13(16-2)12-10-11(15)8-9-14(12)17-3/h8-10,13,16H,4-7H2,1-3H3. The van der Waals surface area contributed by atoms with Crippen molar-refractivity contribution in [1.29, 1.82) is 0 Å². The zero-order chi connectivity index (χ0) is 12.7. The summed E-state index contributed by atoms with van der Waals surface area (Å²) in [4.78, 5) is 0. The largest absolute Gasteiger partial charge is 0.496 e. The molecule has 0 aliphatic heterocycles. The highest BCUT2D eigenvalue weighted by Crippen LogP contribution is 2.30. The van der Waals surface area contributed by atoms with E-state index in [1.165, 1.54) is 19.3 Å². The molecule has 17 heavy (non-hydrogen) atoms. The maximum Gasteiger partial charge on any atom is 0.123 e. The molecule has 0 saturated heterocycles. The monoisotopic (exact) mass is 255 g/mol. The fourth-order valence-electron chi connectivity index (χ4n) is 2.03. The zero-order valence-electron chi connectivity index (χ0n) is 10.9. The SMILES string of the molecule is CCCCCC(NC)c1cc(Cl)ccc1OC. The molecular weight excluding hydrogens is 234 g/mol. The quantitative estimate of drug-likeness (QED) is 0.738. The van der Waals surface area contributed by atoms with Crippen LogP contribution in [0, 0.1) is 0 Å². The Morgan fingerprint density at radius 1 is 1.35 bits per heavy atom. The predicted octanol–water partition coefficient (Wildman–Crippen LogP) is 4.19. The van der Waals surface area contributed by atoms with Gasteiger partial charge in [-0.3, -0.25) is 0 Å². The molecule has 0 aliphatic carbocycles. The molecule has 3 heteroatoms. The Morgan fingerprint density at radius 2 is 2.12 bits per heavy atom. The minimum atomic E-state index is 0.315. The Hall–Kier alpha value is -0.730. The van der Waals surface area contributed by atoms with Crippen molar-refractivity contribution in [2.24, 2.45) is 0 Å². The van der Waals surface area contributed by atoms with E-state index in [-0.39, 0.29) is 0 Å². The molecular formula is C14H22ClNO. The maximum atomic E-state index is 6.05. The Kier molecular flexibility index (Phi) is 6.38. The summed E-state index contributed by atoms with van der Waals surface area (Å²) in [6, 6.07) is 6.10. The van der Waals surface area contributed by atoms with Gasteiger partial charge < -0.3 is 10.1 Å². The normalized spacial score (nSPS) is 12.5. The number of nitrogens with one attached hydrogen (secondary N) is 1. The number of benzene rings is 1. The van der Waals surface area contributed by atoms with E-state index >= 15 is 0 Å². The van der Waals surface area contributed by atoms with E-state index < -0.39 is 0 Å². The lowest BCUT2D eigenvalue weighted by molar-refractivity contribution is 0.396. The number of hydrogen-bond acceptors (Lipinski definition) is 2. The van der Waals surface area contributed by atoms with Gasteiger partial charge in [0.15, 0.2) is 0 Å². The molecule has 0 aromatic heterocycles. The minimum Gasteiger partial charge on any atom is -0.496 e. The van der Waals surface area contributed by atoms with Gasteiger partial charge in [-0.15, -0.1) is 0 Å². The number of unbranched alkanes of at least 4 members (excludes halogenated alkanes) is 2. The molecule has 1 N–H and O–H groups in total. The molecule has 0 saturated carbocycles. The lowest BCUT2D eigenvalue weighted by Gasteiger charge is -2.19. The number of hydrogen-bond donors (Lipinski definition) is 1. The summed E-state index contributed by atoms with van der Waals surface area (Å²) < 4.78 is 5.39. The highest BCUT2D eigenvalue weighted by atomic mass is 35.5. The molecule has 1 unspecified atom stereocenters. The van der Waals surface area contributed by atoms with Gasteiger partial charge in [0.05, 0.1) is 7.11 Å². The van der Waals surface area contributed by atoms with Gasteiger partial charge in [0.2, 0.25) is 0 Å². The summed E-state index contributed by atoms with van der Waals surface area (Å²) in [5.74, 6) is 0.908. The third-order valence-corrected chi connectivity index (χ3v) is 3.25. The molecule has 1 aromatic rings. The number of ether oxygens (including phenoxy) is 1. The molecule has 0 heterocycles. The first-order valence-electron chi connectivity index (χ1n) is 6.23.